The highest BCUT2D eigenvalue weighted by Crippen LogP contribution is 2.29. The summed E-state index contributed by atoms with van der Waals surface area (Å²) in [6.45, 7) is 2.10. The van der Waals surface area contributed by atoms with Crippen molar-refractivity contribution < 1.29 is 22.7 Å². The van der Waals surface area contributed by atoms with Crippen LogP contribution in [0.4, 0.5) is 13.2 Å². The van der Waals surface area contributed by atoms with Crippen LogP contribution in [0, 0.1) is 6.92 Å². The monoisotopic (exact) mass is 397 g/mol. The second-order valence-corrected chi connectivity index (χ2v) is 6.19. The molecule has 2 aromatic heterocycles. The summed E-state index contributed by atoms with van der Waals surface area (Å²) in [4.78, 5) is 19.1. The molecular formula is C18H15ClF3N3O2. The van der Waals surface area contributed by atoms with Gasteiger partial charge in [0.05, 0.1) is 5.56 Å². The van der Waals surface area contributed by atoms with E-state index in [2.05, 4.69) is 20.0 Å². The number of hydrogen-bond acceptors (Lipinski definition) is 3. The molecule has 1 amide bonds. The first-order valence-electron chi connectivity index (χ1n) is 8.00. The summed E-state index contributed by atoms with van der Waals surface area (Å²) in [5, 5.41) is 3.45. The summed E-state index contributed by atoms with van der Waals surface area (Å²) in [5.41, 5.74) is 2.56. The van der Waals surface area contributed by atoms with E-state index in [0.717, 1.165) is 11.3 Å². The maximum atomic E-state index is 12.4. The van der Waals surface area contributed by atoms with E-state index in [-0.39, 0.29) is 28.9 Å². The molecule has 0 radical (unpaired) electrons. The molecule has 0 fully saturated rings. The van der Waals surface area contributed by atoms with Crippen molar-refractivity contribution in [2.45, 2.75) is 19.7 Å². The fourth-order valence-corrected chi connectivity index (χ4v) is 3.04. The molecule has 0 aliphatic carbocycles. The molecule has 0 spiro atoms. The Hall–Kier alpha value is -2.74. The maximum Gasteiger partial charge on any atom is 0.573 e. The Labute approximate surface area is 157 Å². The Morgan fingerprint density at radius 1 is 1.33 bits per heavy atom. The Balaban J connectivity index is 1.74. The number of amides is 1. The normalized spacial score (nSPS) is 11.6. The van der Waals surface area contributed by atoms with Crippen molar-refractivity contribution in [3.8, 4) is 5.75 Å². The minimum Gasteiger partial charge on any atom is -0.406 e. The third-order valence-corrected chi connectivity index (χ3v) is 4.29. The third kappa shape index (κ3) is 4.51. The van der Waals surface area contributed by atoms with Crippen molar-refractivity contribution in [2.24, 2.45) is 0 Å². The molecule has 9 heteroatoms. The first kappa shape index (κ1) is 19.0. The van der Waals surface area contributed by atoms with Crippen LogP contribution < -0.4 is 10.1 Å². The minimum atomic E-state index is -4.75. The van der Waals surface area contributed by atoms with Gasteiger partial charge in [-0.25, -0.2) is 4.98 Å². The number of rotatable bonds is 5. The van der Waals surface area contributed by atoms with Crippen LogP contribution >= 0.6 is 11.6 Å². The number of H-pyrrole nitrogens is 1. The summed E-state index contributed by atoms with van der Waals surface area (Å²) in [6, 6.07) is 7.28. The molecule has 0 bridgehead atoms. The number of aryl methyl sites for hydroxylation is 1. The van der Waals surface area contributed by atoms with E-state index in [4.69, 9.17) is 11.6 Å². The highest BCUT2D eigenvalue weighted by Gasteiger charge is 2.31. The molecule has 27 heavy (non-hydrogen) atoms. The van der Waals surface area contributed by atoms with E-state index >= 15 is 0 Å². The van der Waals surface area contributed by atoms with Gasteiger partial charge in [-0.3, -0.25) is 4.79 Å². The maximum absolute atomic E-state index is 12.4. The Bertz CT molecular complexity index is 986. The number of nitrogens with one attached hydrogen (secondary N) is 2. The van der Waals surface area contributed by atoms with Crippen LogP contribution in [0.25, 0.3) is 10.9 Å². The van der Waals surface area contributed by atoms with E-state index in [9.17, 15) is 18.0 Å². The van der Waals surface area contributed by atoms with Gasteiger partial charge in [0.15, 0.2) is 0 Å². The molecule has 1 aromatic carbocycles. The van der Waals surface area contributed by atoms with Crippen molar-refractivity contribution in [1.29, 1.82) is 0 Å². The van der Waals surface area contributed by atoms with Crippen molar-refractivity contribution >= 4 is 28.4 Å². The number of ether oxygens (including phenoxy) is 1. The number of nitrogens with zero attached hydrogens (tertiary/aromatic N) is 1. The van der Waals surface area contributed by atoms with Crippen molar-refractivity contribution in [3.63, 3.8) is 0 Å². The highest BCUT2D eigenvalue weighted by molar-refractivity contribution is 6.32. The van der Waals surface area contributed by atoms with Crippen LogP contribution in [0.2, 0.25) is 5.15 Å². The van der Waals surface area contributed by atoms with Crippen molar-refractivity contribution in [1.82, 2.24) is 15.3 Å². The summed E-state index contributed by atoms with van der Waals surface area (Å²) in [7, 11) is 0. The van der Waals surface area contributed by atoms with E-state index in [1.165, 1.54) is 24.4 Å². The predicted octanol–water partition coefficient (Wildman–Crippen LogP) is 4.40. The van der Waals surface area contributed by atoms with Crippen molar-refractivity contribution in [3.05, 3.63) is 58.5 Å². The largest absolute Gasteiger partial charge is 0.573 e. The number of benzene rings is 1. The van der Waals surface area contributed by atoms with Crippen LogP contribution in [0.5, 0.6) is 5.75 Å². The van der Waals surface area contributed by atoms with Crippen molar-refractivity contribution in [2.75, 3.05) is 6.54 Å². The highest BCUT2D eigenvalue weighted by atomic mass is 35.5. The van der Waals surface area contributed by atoms with Gasteiger partial charge < -0.3 is 15.0 Å². The number of aromatic nitrogens is 2. The van der Waals surface area contributed by atoms with Gasteiger partial charge in [0, 0.05) is 29.3 Å². The minimum absolute atomic E-state index is 0.104. The van der Waals surface area contributed by atoms with E-state index < -0.39 is 6.36 Å². The zero-order valence-electron chi connectivity index (χ0n) is 14.2. The number of pyridine rings is 1. The van der Waals surface area contributed by atoms with Gasteiger partial charge in [-0.2, -0.15) is 0 Å². The zero-order valence-corrected chi connectivity index (χ0v) is 14.9. The van der Waals surface area contributed by atoms with Crippen LogP contribution in [0.1, 0.15) is 21.6 Å². The Morgan fingerprint density at radius 2 is 2.11 bits per heavy atom. The zero-order chi connectivity index (χ0) is 19.6. The van der Waals surface area contributed by atoms with Gasteiger partial charge in [-0.15, -0.1) is 13.2 Å². The van der Waals surface area contributed by atoms with E-state index in [1.54, 1.807) is 12.1 Å². The quantitative estimate of drug-likeness (QED) is 0.627. The number of carbonyl (C=O) groups excluding carboxylic acids is 1. The third-order valence-electron chi connectivity index (χ3n) is 3.99. The molecule has 0 unspecified atom stereocenters. The molecule has 2 N–H and O–H groups in total. The summed E-state index contributed by atoms with van der Waals surface area (Å²) >= 11 is 5.89. The van der Waals surface area contributed by atoms with Gasteiger partial charge in [0.1, 0.15) is 10.9 Å². The first-order valence-corrected chi connectivity index (χ1v) is 8.38. The average Bonchev–Trinajstić information content (AvgIpc) is 2.89. The molecule has 3 aromatic rings. The van der Waals surface area contributed by atoms with Crippen LogP contribution in [-0.4, -0.2) is 28.8 Å². The number of hydrogen-bond donors (Lipinski definition) is 2. The van der Waals surface area contributed by atoms with Gasteiger partial charge in [-0.05, 0) is 49.2 Å². The fourth-order valence-electron chi connectivity index (χ4n) is 2.83. The molecule has 2 heterocycles. The summed E-state index contributed by atoms with van der Waals surface area (Å²) in [6.07, 6.45) is -2.85. The van der Waals surface area contributed by atoms with Crippen LogP contribution in [0.15, 0.2) is 36.5 Å². The lowest BCUT2D eigenvalue weighted by Crippen LogP contribution is -2.26. The van der Waals surface area contributed by atoms with Gasteiger partial charge in [0.25, 0.3) is 5.91 Å². The Morgan fingerprint density at radius 3 is 2.81 bits per heavy atom. The second kappa shape index (κ2) is 7.48. The van der Waals surface area contributed by atoms with E-state index in [0.29, 0.717) is 17.3 Å². The predicted molar refractivity (Wildman–Crippen MR) is 95.0 cm³/mol. The fraction of sp³-hybridized carbons (Fsp3) is 0.222. The van der Waals surface area contributed by atoms with Crippen LogP contribution in [0.3, 0.4) is 0 Å². The number of halogens is 4. The lowest BCUT2D eigenvalue weighted by Gasteiger charge is -2.09. The van der Waals surface area contributed by atoms with Gasteiger partial charge in [-0.1, -0.05) is 11.6 Å². The summed E-state index contributed by atoms with van der Waals surface area (Å²) < 4.78 is 41.3. The smallest absolute Gasteiger partial charge is 0.406 e. The molecule has 5 nitrogen and oxygen atoms in total. The molecule has 0 atom stereocenters. The van der Waals surface area contributed by atoms with Crippen LogP contribution in [-0.2, 0) is 6.42 Å². The SMILES string of the molecule is Cc1[nH]c2ccc(OC(F)(F)F)cc2c1CCNC(=O)c1cccnc1Cl. The molecule has 0 saturated heterocycles. The number of carbonyl (C=O) groups is 1. The molecule has 3 rings (SSSR count). The number of alkyl halides is 3. The van der Waals surface area contributed by atoms with Gasteiger partial charge >= 0.3 is 6.36 Å². The molecule has 0 aliphatic heterocycles. The Kier molecular flexibility index (Phi) is 5.27. The lowest BCUT2D eigenvalue weighted by atomic mass is 10.1. The standard InChI is InChI=1S/C18H15ClF3N3O2/c1-10-12(6-8-24-17(26)13-3-2-7-23-16(13)19)14-9-11(27-18(20,21)22)4-5-15(14)25-10/h2-5,7,9,25H,6,8H2,1H3,(H,24,26). The molecule has 0 aliphatic rings. The molecular weight excluding hydrogens is 383 g/mol. The van der Waals surface area contributed by atoms with E-state index in [1.807, 2.05) is 6.92 Å². The second-order valence-electron chi connectivity index (χ2n) is 5.83. The molecule has 142 valence electrons. The lowest BCUT2D eigenvalue weighted by molar-refractivity contribution is -0.274. The van der Waals surface area contributed by atoms with Gasteiger partial charge in [0.2, 0.25) is 0 Å². The first-order chi connectivity index (χ1) is 12.7. The number of aromatic amines is 1. The summed E-state index contributed by atoms with van der Waals surface area (Å²) in [5.74, 6) is -0.659. The number of fused-ring (bicyclic) bond motifs is 1. The topological polar surface area (TPSA) is 67.0 Å². The molecule has 0 saturated carbocycles. The average molecular weight is 398 g/mol.